The summed E-state index contributed by atoms with van der Waals surface area (Å²) < 4.78 is 5.01. The molecule has 0 aliphatic rings. The fourth-order valence-corrected chi connectivity index (χ4v) is 1.46. The van der Waals surface area contributed by atoms with Crippen molar-refractivity contribution in [2.45, 2.75) is 39.3 Å². The van der Waals surface area contributed by atoms with Gasteiger partial charge in [-0.1, -0.05) is 13.8 Å². The van der Waals surface area contributed by atoms with E-state index in [0.717, 1.165) is 6.42 Å². The Morgan fingerprint density at radius 1 is 1.31 bits per heavy atom. The number of rotatable bonds is 7. The lowest BCUT2D eigenvalue weighted by atomic mass is 10.0. The summed E-state index contributed by atoms with van der Waals surface area (Å²) in [4.78, 5) is 0. The maximum atomic E-state index is 9.09. The summed E-state index contributed by atoms with van der Waals surface area (Å²) in [5.74, 6) is 0.611. The van der Waals surface area contributed by atoms with Gasteiger partial charge in [0.15, 0.2) is 0 Å². The Morgan fingerprint density at radius 3 is 2.31 bits per heavy atom. The predicted molar refractivity (Wildman–Crippen MR) is 54.8 cm³/mol. The van der Waals surface area contributed by atoms with Crippen LogP contribution in [0, 0.1) is 5.92 Å². The molecular weight excluding hydrogens is 166 g/mol. The summed E-state index contributed by atoms with van der Waals surface area (Å²) in [5, 5.41) is 12.4. The van der Waals surface area contributed by atoms with Crippen LogP contribution >= 0.6 is 0 Å². The van der Waals surface area contributed by atoms with Crippen molar-refractivity contribution in [1.29, 1.82) is 0 Å². The fourth-order valence-electron chi connectivity index (χ4n) is 1.46. The molecule has 0 radical (unpaired) electrons. The van der Waals surface area contributed by atoms with Crippen molar-refractivity contribution in [3.8, 4) is 0 Å². The Labute approximate surface area is 81.5 Å². The first-order valence-electron chi connectivity index (χ1n) is 4.96. The molecule has 0 fully saturated rings. The quantitative estimate of drug-likeness (QED) is 0.628. The van der Waals surface area contributed by atoms with Crippen molar-refractivity contribution in [1.82, 2.24) is 5.32 Å². The van der Waals surface area contributed by atoms with E-state index in [4.69, 9.17) is 9.84 Å². The smallest absolute Gasteiger partial charge is 0.0613 e. The van der Waals surface area contributed by atoms with Crippen LogP contribution in [0.1, 0.15) is 27.2 Å². The van der Waals surface area contributed by atoms with Crippen molar-refractivity contribution in [3.63, 3.8) is 0 Å². The van der Waals surface area contributed by atoms with Crippen LogP contribution in [-0.4, -0.2) is 37.5 Å². The molecule has 0 rings (SSSR count). The third kappa shape index (κ3) is 6.99. The number of methoxy groups -OCH3 is 1. The second kappa shape index (κ2) is 7.30. The summed E-state index contributed by atoms with van der Waals surface area (Å²) in [6.07, 6.45) is 1.00. The summed E-state index contributed by atoms with van der Waals surface area (Å²) in [5.41, 5.74) is 0. The minimum atomic E-state index is 0.199. The molecule has 3 heteroatoms. The summed E-state index contributed by atoms with van der Waals surface area (Å²) in [6, 6.07) is 0.506. The van der Waals surface area contributed by atoms with Gasteiger partial charge in [0, 0.05) is 19.2 Å². The van der Waals surface area contributed by atoms with E-state index in [2.05, 4.69) is 26.1 Å². The molecule has 0 amide bonds. The monoisotopic (exact) mass is 189 g/mol. The van der Waals surface area contributed by atoms with Gasteiger partial charge in [-0.15, -0.1) is 0 Å². The van der Waals surface area contributed by atoms with Gasteiger partial charge >= 0.3 is 0 Å². The Balaban J connectivity index is 3.69. The number of hydrogen-bond donors (Lipinski definition) is 2. The van der Waals surface area contributed by atoms with Gasteiger partial charge in [0.1, 0.15) is 0 Å². The largest absolute Gasteiger partial charge is 0.395 e. The molecule has 0 aliphatic carbocycles. The zero-order valence-electron chi connectivity index (χ0n) is 9.21. The average molecular weight is 189 g/mol. The third-order valence-electron chi connectivity index (χ3n) is 1.91. The highest BCUT2D eigenvalue weighted by Gasteiger charge is 2.12. The summed E-state index contributed by atoms with van der Waals surface area (Å²) in [7, 11) is 1.69. The first-order valence-corrected chi connectivity index (χ1v) is 4.96. The van der Waals surface area contributed by atoms with Crippen LogP contribution in [0.5, 0.6) is 0 Å². The van der Waals surface area contributed by atoms with E-state index in [0.29, 0.717) is 18.6 Å². The van der Waals surface area contributed by atoms with Crippen molar-refractivity contribution < 1.29 is 9.84 Å². The molecule has 80 valence electrons. The van der Waals surface area contributed by atoms with E-state index in [1.807, 2.05) is 0 Å². The Hall–Kier alpha value is -0.120. The molecule has 0 aromatic carbocycles. The van der Waals surface area contributed by atoms with Crippen molar-refractivity contribution >= 4 is 0 Å². The Bertz CT molecular complexity index is 117. The van der Waals surface area contributed by atoms with Gasteiger partial charge in [0.2, 0.25) is 0 Å². The van der Waals surface area contributed by atoms with E-state index >= 15 is 0 Å². The number of aliphatic hydroxyl groups excluding tert-OH is 1. The molecule has 0 aromatic heterocycles. The first kappa shape index (κ1) is 12.9. The topological polar surface area (TPSA) is 41.5 Å². The van der Waals surface area contributed by atoms with Crippen LogP contribution in [0.15, 0.2) is 0 Å². The molecule has 0 aliphatic heterocycles. The molecule has 2 unspecified atom stereocenters. The SMILES string of the molecule is COCC(C)NC(CO)CC(C)C. The second-order valence-electron chi connectivity index (χ2n) is 4.03. The summed E-state index contributed by atoms with van der Waals surface area (Å²) in [6.45, 7) is 7.27. The molecule has 0 saturated heterocycles. The van der Waals surface area contributed by atoms with Gasteiger partial charge in [-0.2, -0.15) is 0 Å². The van der Waals surface area contributed by atoms with Crippen LogP contribution in [0.3, 0.4) is 0 Å². The minimum absolute atomic E-state index is 0.199. The highest BCUT2D eigenvalue weighted by Crippen LogP contribution is 2.04. The molecule has 0 spiro atoms. The van der Waals surface area contributed by atoms with Crippen LogP contribution in [0.4, 0.5) is 0 Å². The van der Waals surface area contributed by atoms with Gasteiger partial charge in [0.05, 0.1) is 13.2 Å². The lowest BCUT2D eigenvalue weighted by Crippen LogP contribution is -2.41. The number of nitrogens with one attached hydrogen (secondary N) is 1. The number of ether oxygens (including phenoxy) is 1. The molecule has 0 aromatic rings. The van der Waals surface area contributed by atoms with E-state index in [1.54, 1.807) is 7.11 Å². The fraction of sp³-hybridized carbons (Fsp3) is 1.00. The number of aliphatic hydroxyl groups is 1. The second-order valence-corrected chi connectivity index (χ2v) is 4.03. The Kier molecular flexibility index (Phi) is 7.23. The highest BCUT2D eigenvalue weighted by atomic mass is 16.5. The normalized spacial score (nSPS) is 16.2. The van der Waals surface area contributed by atoms with Crippen LogP contribution in [0.2, 0.25) is 0 Å². The average Bonchev–Trinajstić information content (AvgIpc) is 2.02. The van der Waals surface area contributed by atoms with Gasteiger partial charge in [-0.25, -0.2) is 0 Å². The standard InChI is InChI=1S/C10H23NO2/c1-8(2)5-10(6-12)11-9(3)7-13-4/h8-12H,5-7H2,1-4H3. The summed E-state index contributed by atoms with van der Waals surface area (Å²) >= 11 is 0. The maximum Gasteiger partial charge on any atom is 0.0613 e. The molecule has 2 atom stereocenters. The van der Waals surface area contributed by atoms with Gasteiger partial charge in [0.25, 0.3) is 0 Å². The zero-order valence-corrected chi connectivity index (χ0v) is 9.21. The van der Waals surface area contributed by atoms with Crippen molar-refractivity contribution in [2.24, 2.45) is 5.92 Å². The van der Waals surface area contributed by atoms with Crippen LogP contribution in [0.25, 0.3) is 0 Å². The molecular formula is C10H23NO2. The lowest BCUT2D eigenvalue weighted by molar-refractivity contribution is 0.149. The minimum Gasteiger partial charge on any atom is -0.395 e. The van der Waals surface area contributed by atoms with E-state index < -0.39 is 0 Å². The third-order valence-corrected chi connectivity index (χ3v) is 1.91. The molecule has 13 heavy (non-hydrogen) atoms. The molecule has 2 N–H and O–H groups in total. The van der Waals surface area contributed by atoms with Gasteiger partial charge in [-0.3, -0.25) is 0 Å². The highest BCUT2D eigenvalue weighted by molar-refractivity contribution is 4.71. The first-order chi connectivity index (χ1) is 6.10. The molecule has 0 bridgehead atoms. The lowest BCUT2D eigenvalue weighted by Gasteiger charge is -2.22. The maximum absolute atomic E-state index is 9.09. The van der Waals surface area contributed by atoms with E-state index in [-0.39, 0.29) is 12.6 Å². The Morgan fingerprint density at radius 2 is 1.92 bits per heavy atom. The van der Waals surface area contributed by atoms with Crippen LogP contribution < -0.4 is 5.32 Å². The van der Waals surface area contributed by atoms with Gasteiger partial charge < -0.3 is 15.2 Å². The van der Waals surface area contributed by atoms with Gasteiger partial charge in [-0.05, 0) is 19.3 Å². The van der Waals surface area contributed by atoms with Crippen molar-refractivity contribution in [2.75, 3.05) is 20.3 Å². The molecule has 0 saturated carbocycles. The zero-order chi connectivity index (χ0) is 10.3. The van der Waals surface area contributed by atoms with E-state index in [1.165, 1.54) is 0 Å². The van der Waals surface area contributed by atoms with Crippen molar-refractivity contribution in [3.05, 3.63) is 0 Å². The van der Waals surface area contributed by atoms with E-state index in [9.17, 15) is 0 Å². The molecule has 0 heterocycles. The predicted octanol–water partition coefficient (Wildman–Crippen LogP) is 1.02. The number of hydrogen-bond acceptors (Lipinski definition) is 3. The molecule has 3 nitrogen and oxygen atoms in total. The van der Waals surface area contributed by atoms with Crippen LogP contribution in [-0.2, 0) is 4.74 Å².